The van der Waals surface area contributed by atoms with Crippen LogP contribution in [-0.4, -0.2) is 9.78 Å². The van der Waals surface area contributed by atoms with Gasteiger partial charge in [0.05, 0.1) is 17.1 Å². The Morgan fingerprint density at radius 2 is 2.00 bits per heavy atom. The topological polar surface area (TPSA) is 17.8 Å². The summed E-state index contributed by atoms with van der Waals surface area (Å²) < 4.78 is 2.27. The number of aromatic nitrogens is 2. The Morgan fingerprint density at radius 1 is 1.33 bits per heavy atom. The molecule has 0 aromatic carbocycles. The predicted octanol–water partition coefficient (Wildman–Crippen LogP) is 4.94. The van der Waals surface area contributed by atoms with Gasteiger partial charge in [0.1, 0.15) is 0 Å². The molecule has 2 nitrogen and oxygen atoms in total. The highest BCUT2D eigenvalue weighted by molar-refractivity contribution is 6.20. The average molecular weight is 269 g/mol. The van der Waals surface area contributed by atoms with E-state index < -0.39 is 0 Å². The van der Waals surface area contributed by atoms with E-state index in [1.807, 2.05) is 6.92 Å². The van der Waals surface area contributed by atoms with Crippen LogP contribution in [0.5, 0.6) is 0 Å². The SMILES string of the molecule is CCC1CCCCC1n1nc(C)c(C(C)Cl)c1C. The molecule has 1 aromatic rings. The summed E-state index contributed by atoms with van der Waals surface area (Å²) in [5.74, 6) is 0.787. The molecule has 3 atom stereocenters. The molecule has 0 radical (unpaired) electrons. The minimum Gasteiger partial charge on any atom is -0.266 e. The van der Waals surface area contributed by atoms with Gasteiger partial charge in [0.15, 0.2) is 0 Å². The number of hydrogen-bond donors (Lipinski definition) is 0. The van der Waals surface area contributed by atoms with E-state index >= 15 is 0 Å². The van der Waals surface area contributed by atoms with Gasteiger partial charge in [-0.05, 0) is 39.5 Å². The lowest BCUT2D eigenvalue weighted by molar-refractivity contribution is 0.214. The Bertz CT molecular complexity index is 409. The molecule has 0 aliphatic heterocycles. The summed E-state index contributed by atoms with van der Waals surface area (Å²) in [5, 5.41) is 4.84. The second-order valence-corrected chi connectivity index (χ2v) is 6.32. The van der Waals surface area contributed by atoms with Crippen LogP contribution in [0.15, 0.2) is 0 Å². The van der Waals surface area contributed by atoms with Crippen LogP contribution in [0, 0.1) is 19.8 Å². The van der Waals surface area contributed by atoms with Crippen molar-refractivity contribution in [2.75, 3.05) is 0 Å². The van der Waals surface area contributed by atoms with Crippen molar-refractivity contribution in [2.45, 2.75) is 71.2 Å². The number of nitrogens with zero attached hydrogens (tertiary/aromatic N) is 2. The lowest BCUT2D eigenvalue weighted by Crippen LogP contribution is -2.24. The second-order valence-electron chi connectivity index (χ2n) is 5.67. The molecule has 3 unspecified atom stereocenters. The molecule has 18 heavy (non-hydrogen) atoms. The molecule has 1 aliphatic carbocycles. The van der Waals surface area contributed by atoms with Crippen molar-refractivity contribution in [2.24, 2.45) is 5.92 Å². The van der Waals surface area contributed by atoms with Crippen LogP contribution in [0.1, 0.15) is 74.3 Å². The van der Waals surface area contributed by atoms with Crippen molar-refractivity contribution in [3.05, 3.63) is 17.0 Å². The molecule has 0 amide bonds. The third-order valence-corrected chi connectivity index (χ3v) is 4.70. The van der Waals surface area contributed by atoms with Gasteiger partial charge in [0.2, 0.25) is 0 Å². The van der Waals surface area contributed by atoms with E-state index in [1.54, 1.807) is 0 Å². The standard InChI is InChI=1S/C15H25ClN2/c1-5-13-8-6-7-9-14(13)18-12(4)15(10(2)16)11(3)17-18/h10,13-14H,5-9H2,1-4H3. The number of aryl methyl sites for hydroxylation is 1. The van der Waals surface area contributed by atoms with Crippen LogP contribution in [-0.2, 0) is 0 Å². The Kier molecular flexibility index (Phi) is 4.37. The van der Waals surface area contributed by atoms with Crippen molar-refractivity contribution in [1.29, 1.82) is 0 Å². The first kappa shape index (κ1) is 13.9. The number of halogens is 1. The molecule has 1 saturated carbocycles. The van der Waals surface area contributed by atoms with Gasteiger partial charge in [-0.2, -0.15) is 5.10 Å². The molecular weight excluding hydrogens is 244 g/mol. The fraction of sp³-hybridized carbons (Fsp3) is 0.800. The zero-order valence-corrected chi connectivity index (χ0v) is 12.8. The second kappa shape index (κ2) is 5.64. The van der Waals surface area contributed by atoms with Gasteiger partial charge in [-0.25, -0.2) is 0 Å². The first-order valence-corrected chi connectivity index (χ1v) is 7.69. The average Bonchev–Trinajstić information content (AvgIpc) is 2.64. The Morgan fingerprint density at radius 3 is 2.56 bits per heavy atom. The van der Waals surface area contributed by atoms with Gasteiger partial charge in [-0.3, -0.25) is 4.68 Å². The zero-order chi connectivity index (χ0) is 13.3. The summed E-state index contributed by atoms with van der Waals surface area (Å²) in [6, 6.07) is 0.589. The molecule has 2 rings (SSSR count). The molecule has 1 fully saturated rings. The lowest BCUT2D eigenvalue weighted by atomic mass is 9.83. The maximum absolute atomic E-state index is 6.28. The molecule has 0 saturated heterocycles. The highest BCUT2D eigenvalue weighted by Gasteiger charge is 2.28. The molecule has 0 spiro atoms. The summed E-state index contributed by atoms with van der Waals surface area (Å²) in [7, 11) is 0. The Balaban J connectivity index is 2.35. The van der Waals surface area contributed by atoms with E-state index in [0.29, 0.717) is 6.04 Å². The molecule has 1 aromatic heterocycles. The summed E-state index contributed by atoms with van der Waals surface area (Å²) in [4.78, 5) is 0. The van der Waals surface area contributed by atoms with Crippen LogP contribution < -0.4 is 0 Å². The molecule has 0 bridgehead atoms. The Labute approximate surface area is 116 Å². The van der Waals surface area contributed by atoms with E-state index in [4.69, 9.17) is 16.7 Å². The number of alkyl halides is 1. The molecular formula is C15H25ClN2. The van der Waals surface area contributed by atoms with E-state index in [9.17, 15) is 0 Å². The number of hydrogen-bond acceptors (Lipinski definition) is 1. The van der Waals surface area contributed by atoms with Crippen molar-refractivity contribution >= 4 is 11.6 Å². The Hall–Kier alpha value is -0.500. The molecule has 102 valence electrons. The fourth-order valence-corrected chi connectivity index (χ4v) is 3.88. The van der Waals surface area contributed by atoms with Crippen molar-refractivity contribution < 1.29 is 0 Å². The van der Waals surface area contributed by atoms with Crippen LogP contribution >= 0.6 is 11.6 Å². The van der Waals surface area contributed by atoms with Gasteiger partial charge in [-0.1, -0.05) is 26.2 Å². The molecule has 0 N–H and O–H groups in total. The van der Waals surface area contributed by atoms with Gasteiger partial charge in [0, 0.05) is 11.3 Å². The smallest absolute Gasteiger partial charge is 0.0643 e. The minimum atomic E-state index is 0.0578. The van der Waals surface area contributed by atoms with E-state index in [0.717, 1.165) is 11.6 Å². The fourth-order valence-electron chi connectivity index (χ4n) is 3.56. The van der Waals surface area contributed by atoms with Gasteiger partial charge < -0.3 is 0 Å². The third kappa shape index (κ3) is 2.45. The maximum atomic E-state index is 6.28. The van der Waals surface area contributed by atoms with E-state index in [-0.39, 0.29) is 5.38 Å². The summed E-state index contributed by atoms with van der Waals surface area (Å²) >= 11 is 6.28. The zero-order valence-electron chi connectivity index (χ0n) is 12.0. The van der Waals surface area contributed by atoms with Crippen molar-refractivity contribution in [3.63, 3.8) is 0 Å². The van der Waals surface area contributed by atoms with Crippen LogP contribution in [0.3, 0.4) is 0 Å². The molecule has 1 heterocycles. The summed E-state index contributed by atoms with van der Waals surface area (Å²) in [6.07, 6.45) is 6.61. The highest BCUT2D eigenvalue weighted by atomic mass is 35.5. The first-order valence-electron chi connectivity index (χ1n) is 7.25. The van der Waals surface area contributed by atoms with Gasteiger partial charge in [-0.15, -0.1) is 11.6 Å². The van der Waals surface area contributed by atoms with Crippen molar-refractivity contribution in [1.82, 2.24) is 9.78 Å². The highest BCUT2D eigenvalue weighted by Crippen LogP contribution is 2.38. The molecule has 1 aliphatic rings. The minimum absolute atomic E-state index is 0.0578. The van der Waals surface area contributed by atoms with Gasteiger partial charge in [0.25, 0.3) is 0 Å². The largest absolute Gasteiger partial charge is 0.266 e. The van der Waals surface area contributed by atoms with Crippen LogP contribution in [0.2, 0.25) is 0 Å². The van der Waals surface area contributed by atoms with Crippen LogP contribution in [0.4, 0.5) is 0 Å². The monoisotopic (exact) mass is 268 g/mol. The third-order valence-electron chi connectivity index (χ3n) is 4.49. The molecule has 3 heteroatoms. The summed E-state index contributed by atoms with van der Waals surface area (Å²) in [5.41, 5.74) is 3.62. The lowest BCUT2D eigenvalue weighted by Gasteiger charge is -2.32. The predicted molar refractivity (Wildman–Crippen MR) is 77.3 cm³/mol. The van der Waals surface area contributed by atoms with Gasteiger partial charge >= 0.3 is 0 Å². The maximum Gasteiger partial charge on any atom is 0.0643 e. The van der Waals surface area contributed by atoms with E-state index in [1.165, 1.54) is 43.4 Å². The quantitative estimate of drug-likeness (QED) is 0.710. The first-order chi connectivity index (χ1) is 8.56. The summed E-state index contributed by atoms with van der Waals surface area (Å²) in [6.45, 7) is 8.61. The van der Waals surface area contributed by atoms with E-state index in [2.05, 4.69) is 25.5 Å². The van der Waals surface area contributed by atoms with Crippen LogP contribution in [0.25, 0.3) is 0 Å². The number of rotatable bonds is 3. The normalized spacial score (nSPS) is 26.3. The van der Waals surface area contributed by atoms with Crippen molar-refractivity contribution in [3.8, 4) is 0 Å².